The third-order valence-electron chi connectivity index (χ3n) is 2.90. The molecular formula is C11H17N3. The first-order chi connectivity index (χ1) is 6.95. The molecule has 1 heterocycles. The van der Waals surface area contributed by atoms with Crippen molar-refractivity contribution < 1.29 is 0 Å². The van der Waals surface area contributed by atoms with E-state index in [0.717, 1.165) is 18.2 Å². The van der Waals surface area contributed by atoms with Crippen LogP contribution in [0.4, 0.5) is 5.69 Å². The fourth-order valence-electron chi connectivity index (χ4n) is 2.05. The minimum absolute atomic E-state index is 0.858. The van der Waals surface area contributed by atoms with Crippen molar-refractivity contribution in [3.05, 3.63) is 18.5 Å². The van der Waals surface area contributed by atoms with Gasteiger partial charge in [0.15, 0.2) is 0 Å². The van der Waals surface area contributed by atoms with E-state index in [4.69, 9.17) is 0 Å². The van der Waals surface area contributed by atoms with Gasteiger partial charge in [-0.05, 0) is 24.8 Å². The highest BCUT2D eigenvalue weighted by Gasteiger charge is 2.12. The summed E-state index contributed by atoms with van der Waals surface area (Å²) in [6, 6.07) is 1.97. The molecule has 3 nitrogen and oxygen atoms in total. The van der Waals surface area contributed by atoms with Crippen LogP contribution in [0.25, 0.3) is 0 Å². The van der Waals surface area contributed by atoms with E-state index in [1.165, 1.54) is 32.1 Å². The Balaban J connectivity index is 1.76. The van der Waals surface area contributed by atoms with Crippen molar-refractivity contribution in [1.29, 1.82) is 0 Å². The summed E-state index contributed by atoms with van der Waals surface area (Å²) in [6.07, 6.45) is 10.5. The van der Waals surface area contributed by atoms with Gasteiger partial charge in [-0.25, -0.2) is 0 Å². The summed E-state index contributed by atoms with van der Waals surface area (Å²) >= 11 is 0. The summed E-state index contributed by atoms with van der Waals surface area (Å²) in [5, 5.41) is 11.0. The zero-order valence-corrected chi connectivity index (χ0v) is 8.45. The Morgan fingerprint density at radius 1 is 1.21 bits per heavy atom. The highest BCUT2D eigenvalue weighted by atomic mass is 15.1. The van der Waals surface area contributed by atoms with Gasteiger partial charge >= 0.3 is 0 Å². The summed E-state index contributed by atoms with van der Waals surface area (Å²) in [7, 11) is 0. The number of nitrogens with zero attached hydrogens (tertiary/aromatic N) is 2. The molecule has 1 aliphatic rings. The van der Waals surface area contributed by atoms with Crippen molar-refractivity contribution in [2.45, 2.75) is 32.1 Å². The monoisotopic (exact) mass is 191 g/mol. The van der Waals surface area contributed by atoms with E-state index in [9.17, 15) is 0 Å². The molecule has 0 unspecified atom stereocenters. The predicted octanol–water partition coefficient (Wildman–Crippen LogP) is 2.47. The van der Waals surface area contributed by atoms with Crippen LogP contribution in [0.5, 0.6) is 0 Å². The molecule has 1 N–H and O–H groups in total. The highest BCUT2D eigenvalue weighted by Crippen LogP contribution is 2.23. The Kier molecular flexibility index (Phi) is 3.33. The molecule has 0 bridgehead atoms. The van der Waals surface area contributed by atoms with Gasteiger partial charge in [-0.1, -0.05) is 19.3 Å². The fraction of sp³-hybridized carbons (Fsp3) is 0.636. The summed E-state index contributed by atoms with van der Waals surface area (Å²) in [5.74, 6) is 0.858. The number of nitrogens with one attached hydrogen (secondary N) is 1. The number of hydrogen-bond acceptors (Lipinski definition) is 3. The van der Waals surface area contributed by atoms with E-state index < -0.39 is 0 Å². The number of rotatable bonds is 3. The molecule has 0 amide bonds. The molecule has 3 heteroatoms. The maximum atomic E-state index is 3.84. The Morgan fingerprint density at radius 2 is 2.07 bits per heavy atom. The minimum Gasteiger partial charge on any atom is -0.383 e. The van der Waals surface area contributed by atoms with Crippen molar-refractivity contribution in [3.8, 4) is 0 Å². The Hall–Kier alpha value is -1.12. The van der Waals surface area contributed by atoms with Gasteiger partial charge < -0.3 is 5.32 Å². The van der Waals surface area contributed by atoms with E-state index in [1.54, 1.807) is 12.4 Å². The first-order valence-corrected chi connectivity index (χ1v) is 5.46. The normalized spacial score (nSPS) is 18.0. The number of anilines is 1. The second kappa shape index (κ2) is 4.94. The number of aromatic nitrogens is 2. The molecule has 0 spiro atoms. The SMILES string of the molecule is c1cc(NCC2CCCCC2)cnn1. The van der Waals surface area contributed by atoms with Gasteiger partial charge in [0.25, 0.3) is 0 Å². The van der Waals surface area contributed by atoms with Crippen LogP contribution in [-0.4, -0.2) is 16.7 Å². The predicted molar refractivity (Wildman–Crippen MR) is 57.1 cm³/mol. The van der Waals surface area contributed by atoms with Crippen LogP contribution in [0.1, 0.15) is 32.1 Å². The van der Waals surface area contributed by atoms with Crippen molar-refractivity contribution in [2.75, 3.05) is 11.9 Å². The maximum absolute atomic E-state index is 3.84. The average molecular weight is 191 g/mol. The Morgan fingerprint density at radius 3 is 2.79 bits per heavy atom. The van der Waals surface area contributed by atoms with Crippen molar-refractivity contribution >= 4 is 5.69 Å². The molecule has 1 aliphatic carbocycles. The number of hydrogen-bond donors (Lipinski definition) is 1. The second-order valence-electron chi connectivity index (χ2n) is 4.02. The van der Waals surface area contributed by atoms with Crippen LogP contribution < -0.4 is 5.32 Å². The molecule has 1 fully saturated rings. The van der Waals surface area contributed by atoms with Crippen LogP contribution in [0.15, 0.2) is 18.5 Å². The van der Waals surface area contributed by atoms with Gasteiger partial charge in [-0.15, -0.1) is 0 Å². The zero-order valence-electron chi connectivity index (χ0n) is 8.45. The molecule has 0 aliphatic heterocycles. The van der Waals surface area contributed by atoms with Crippen LogP contribution in [0.3, 0.4) is 0 Å². The van der Waals surface area contributed by atoms with Gasteiger partial charge in [0.2, 0.25) is 0 Å². The van der Waals surface area contributed by atoms with Crippen LogP contribution in [0.2, 0.25) is 0 Å². The second-order valence-corrected chi connectivity index (χ2v) is 4.02. The first-order valence-electron chi connectivity index (χ1n) is 5.46. The third-order valence-corrected chi connectivity index (χ3v) is 2.90. The third kappa shape index (κ3) is 2.69. The Bertz CT molecular complexity index is 254. The molecule has 1 aromatic rings. The maximum Gasteiger partial charge on any atom is 0.0727 e. The molecule has 0 aromatic carbocycles. The van der Waals surface area contributed by atoms with Gasteiger partial charge in [-0.2, -0.15) is 10.2 Å². The fourth-order valence-corrected chi connectivity index (χ4v) is 2.05. The smallest absolute Gasteiger partial charge is 0.0727 e. The van der Waals surface area contributed by atoms with Crippen molar-refractivity contribution in [3.63, 3.8) is 0 Å². The largest absolute Gasteiger partial charge is 0.383 e. The quantitative estimate of drug-likeness (QED) is 0.797. The zero-order chi connectivity index (χ0) is 9.64. The lowest BCUT2D eigenvalue weighted by Crippen LogP contribution is -2.17. The van der Waals surface area contributed by atoms with Gasteiger partial charge in [0.05, 0.1) is 18.1 Å². The summed E-state index contributed by atoms with van der Waals surface area (Å²) in [6.45, 7) is 1.09. The molecule has 1 aromatic heterocycles. The van der Waals surface area contributed by atoms with Crippen molar-refractivity contribution in [1.82, 2.24) is 10.2 Å². The lowest BCUT2D eigenvalue weighted by molar-refractivity contribution is 0.373. The van der Waals surface area contributed by atoms with E-state index in [-0.39, 0.29) is 0 Å². The lowest BCUT2D eigenvalue weighted by atomic mass is 9.89. The minimum atomic E-state index is 0.858. The van der Waals surface area contributed by atoms with Crippen LogP contribution >= 0.6 is 0 Å². The molecule has 0 radical (unpaired) electrons. The highest BCUT2D eigenvalue weighted by molar-refractivity contribution is 5.38. The van der Waals surface area contributed by atoms with E-state index in [2.05, 4.69) is 15.5 Å². The molecule has 0 atom stereocenters. The molecule has 1 saturated carbocycles. The van der Waals surface area contributed by atoms with Gasteiger partial charge in [-0.3, -0.25) is 0 Å². The van der Waals surface area contributed by atoms with Crippen molar-refractivity contribution in [2.24, 2.45) is 5.92 Å². The summed E-state index contributed by atoms with van der Waals surface area (Å²) < 4.78 is 0. The average Bonchev–Trinajstić information content (AvgIpc) is 2.29. The summed E-state index contributed by atoms with van der Waals surface area (Å²) in [5.41, 5.74) is 1.09. The van der Waals surface area contributed by atoms with Gasteiger partial charge in [0.1, 0.15) is 0 Å². The topological polar surface area (TPSA) is 37.8 Å². The molecule has 76 valence electrons. The van der Waals surface area contributed by atoms with Gasteiger partial charge in [0, 0.05) is 6.54 Å². The molecular weight excluding hydrogens is 174 g/mol. The lowest BCUT2D eigenvalue weighted by Gasteiger charge is -2.21. The molecule has 2 rings (SSSR count). The first kappa shape index (κ1) is 9.44. The standard InChI is InChI=1S/C11H17N3/c1-2-4-10(5-3-1)8-12-11-6-7-13-14-9-11/h6-7,9-10H,1-5,8H2,(H,12,13). The van der Waals surface area contributed by atoms with E-state index in [1.807, 2.05) is 6.07 Å². The van der Waals surface area contributed by atoms with E-state index >= 15 is 0 Å². The van der Waals surface area contributed by atoms with E-state index in [0.29, 0.717) is 0 Å². The van der Waals surface area contributed by atoms with Crippen LogP contribution in [0, 0.1) is 5.92 Å². The summed E-state index contributed by atoms with van der Waals surface area (Å²) in [4.78, 5) is 0. The van der Waals surface area contributed by atoms with Crippen LogP contribution in [-0.2, 0) is 0 Å². The molecule has 0 saturated heterocycles. The molecule has 14 heavy (non-hydrogen) atoms. The Labute approximate surface area is 84.9 Å².